The van der Waals surface area contributed by atoms with Crippen LogP contribution in [0.25, 0.3) is 16.9 Å². The molecule has 4 aromatic rings. The molecule has 0 aliphatic rings. The van der Waals surface area contributed by atoms with Gasteiger partial charge in [0.15, 0.2) is 17.0 Å². The minimum absolute atomic E-state index is 0.00877. The van der Waals surface area contributed by atoms with Crippen LogP contribution in [-0.2, 0) is 6.18 Å². The predicted octanol–water partition coefficient (Wildman–Crippen LogP) is 6.18. The van der Waals surface area contributed by atoms with E-state index in [1.807, 2.05) is 26.0 Å². The number of rotatable bonds is 7. The number of methoxy groups -OCH3 is 1. The molecule has 2 aromatic carbocycles. The van der Waals surface area contributed by atoms with E-state index in [1.54, 1.807) is 36.4 Å². The van der Waals surface area contributed by atoms with E-state index in [0.717, 1.165) is 24.8 Å². The van der Waals surface area contributed by atoms with Gasteiger partial charge in [-0.2, -0.15) is 18.3 Å². The molecule has 0 bridgehead atoms. The molecule has 0 unspecified atom stereocenters. The second-order valence-electron chi connectivity index (χ2n) is 7.83. The Morgan fingerprint density at radius 2 is 1.81 bits per heavy atom. The average Bonchev–Trinajstić information content (AvgIpc) is 3.21. The normalized spacial score (nSPS) is 11.5. The third-order valence-corrected chi connectivity index (χ3v) is 6.01. The summed E-state index contributed by atoms with van der Waals surface area (Å²) < 4.78 is 47.6. The van der Waals surface area contributed by atoms with Gasteiger partial charge in [-0.15, -0.1) is 0 Å². The zero-order chi connectivity index (χ0) is 26.0. The molecule has 0 radical (unpaired) electrons. The number of fused-ring (bicyclic) bond motifs is 1. The molecular formula is C25H23ClF3N5O2. The smallest absolute Gasteiger partial charge is 0.433 e. The van der Waals surface area contributed by atoms with E-state index in [9.17, 15) is 18.0 Å². The number of aromatic nitrogens is 3. The summed E-state index contributed by atoms with van der Waals surface area (Å²) >= 11 is 6.36. The molecule has 2 heterocycles. The van der Waals surface area contributed by atoms with Crippen LogP contribution in [0.15, 0.2) is 54.6 Å². The Bertz CT molecular complexity index is 1400. The van der Waals surface area contributed by atoms with E-state index < -0.39 is 17.8 Å². The number of hydrogen-bond donors (Lipinski definition) is 1. The molecule has 0 saturated heterocycles. The van der Waals surface area contributed by atoms with Crippen molar-refractivity contribution in [2.45, 2.75) is 20.0 Å². The number of halogens is 4. The second-order valence-corrected chi connectivity index (χ2v) is 8.21. The Labute approximate surface area is 210 Å². The van der Waals surface area contributed by atoms with Crippen molar-refractivity contribution in [1.29, 1.82) is 0 Å². The fourth-order valence-electron chi connectivity index (χ4n) is 3.80. The van der Waals surface area contributed by atoms with Crippen molar-refractivity contribution in [3.8, 4) is 17.0 Å². The summed E-state index contributed by atoms with van der Waals surface area (Å²) in [5.41, 5.74) is 0.0535. The number of benzene rings is 2. The summed E-state index contributed by atoms with van der Waals surface area (Å²) in [6.07, 6.45) is -4.78. The largest absolute Gasteiger partial charge is 0.497 e. The molecule has 0 aliphatic carbocycles. The van der Waals surface area contributed by atoms with Gasteiger partial charge in [-0.3, -0.25) is 4.79 Å². The minimum Gasteiger partial charge on any atom is -0.497 e. The van der Waals surface area contributed by atoms with Crippen molar-refractivity contribution in [3.63, 3.8) is 0 Å². The Balaban J connectivity index is 1.73. The van der Waals surface area contributed by atoms with Crippen molar-refractivity contribution in [2.24, 2.45) is 0 Å². The highest BCUT2D eigenvalue weighted by molar-refractivity contribution is 6.37. The molecule has 0 fully saturated rings. The molecule has 2 aromatic heterocycles. The number of amides is 1. The predicted molar refractivity (Wildman–Crippen MR) is 133 cm³/mol. The molecule has 0 atom stereocenters. The molecule has 1 amide bonds. The van der Waals surface area contributed by atoms with Crippen molar-refractivity contribution >= 4 is 34.5 Å². The average molecular weight is 518 g/mol. The zero-order valence-corrected chi connectivity index (χ0v) is 20.5. The van der Waals surface area contributed by atoms with Crippen LogP contribution in [0, 0.1) is 0 Å². The highest BCUT2D eigenvalue weighted by atomic mass is 35.5. The fraction of sp³-hybridized carbons (Fsp3) is 0.240. The van der Waals surface area contributed by atoms with Crippen molar-refractivity contribution in [1.82, 2.24) is 14.6 Å². The first-order valence-electron chi connectivity index (χ1n) is 11.1. The van der Waals surface area contributed by atoms with Crippen LogP contribution in [-0.4, -0.2) is 40.7 Å². The molecule has 11 heteroatoms. The van der Waals surface area contributed by atoms with E-state index in [0.29, 0.717) is 21.5 Å². The van der Waals surface area contributed by atoms with Crippen molar-refractivity contribution in [2.75, 3.05) is 30.4 Å². The summed E-state index contributed by atoms with van der Waals surface area (Å²) in [6, 6.07) is 14.4. The quantitative estimate of drug-likeness (QED) is 0.317. The van der Waals surface area contributed by atoms with Gasteiger partial charge in [0.2, 0.25) is 0 Å². The number of carbonyl (C=O) groups is 1. The first kappa shape index (κ1) is 25.3. The van der Waals surface area contributed by atoms with Gasteiger partial charge in [-0.25, -0.2) is 9.50 Å². The van der Waals surface area contributed by atoms with Gasteiger partial charge in [0.1, 0.15) is 10.8 Å². The van der Waals surface area contributed by atoms with Crippen LogP contribution in [0.3, 0.4) is 0 Å². The van der Waals surface area contributed by atoms with E-state index >= 15 is 0 Å². The number of nitrogens with one attached hydrogen (secondary N) is 1. The van der Waals surface area contributed by atoms with Crippen LogP contribution in [0.5, 0.6) is 5.75 Å². The maximum atomic E-state index is 13.9. The van der Waals surface area contributed by atoms with Gasteiger partial charge >= 0.3 is 6.18 Å². The zero-order valence-electron chi connectivity index (χ0n) is 19.7. The highest BCUT2D eigenvalue weighted by Gasteiger charge is 2.36. The Hall–Kier alpha value is -3.79. The summed E-state index contributed by atoms with van der Waals surface area (Å²) in [4.78, 5) is 19.3. The Morgan fingerprint density at radius 3 is 2.42 bits per heavy atom. The summed E-state index contributed by atoms with van der Waals surface area (Å²) in [6.45, 7) is 5.72. The molecular weight excluding hydrogens is 495 g/mol. The first-order chi connectivity index (χ1) is 17.2. The topological polar surface area (TPSA) is 71.8 Å². The molecule has 36 heavy (non-hydrogen) atoms. The third-order valence-electron chi connectivity index (χ3n) is 5.66. The van der Waals surface area contributed by atoms with Crippen LogP contribution in [0.1, 0.15) is 30.0 Å². The fourth-order valence-corrected chi connectivity index (χ4v) is 4.05. The minimum atomic E-state index is -4.78. The van der Waals surface area contributed by atoms with Gasteiger partial charge in [0, 0.05) is 30.0 Å². The number of anilines is 2. The molecule has 1 N–H and O–H groups in total. The number of nitrogens with zero attached hydrogens (tertiary/aromatic N) is 4. The summed E-state index contributed by atoms with van der Waals surface area (Å²) in [5, 5.41) is 6.22. The number of hydrogen-bond acceptors (Lipinski definition) is 5. The number of alkyl halides is 3. The van der Waals surface area contributed by atoms with E-state index in [-0.39, 0.29) is 22.1 Å². The molecule has 7 nitrogen and oxygen atoms in total. The molecule has 188 valence electrons. The van der Waals surface area contributed by atoms with Crippen LogP contribution in [0.4, 0.5) is 24.5 Å². The molecule has 0 saturated carbocycles. The van der Waals surface area contributed by atoms with E-state index in [1.165, 1.54) is 7.11 Å². The van der Waals surface area contributed by atoms with Crippen LogP contribution in [0.2, 0.25) is 5.02 Å². The Morgan fingerprint density at radius 1 is 1.11 bits per heavy atom. The van der Waals surface area contributed by atoms with Crippen LogP contribution < -0.4 is 15.0 Å². The Kier molecular flexibility index (Phi) is 7.07. The van der Waals surface area contributed by atoms with Crippen LogP contribution >= 0.6 is 11.6 Å². The highest BCUT2D eigenvalue weighted by Crippen LogP contribution is 2.35. The van der Waals surface area contributed by atoms with Crippen molar-refractivity contribution in [3.05, 3.63) is 71.0 Å². The maximum Gasteiger partial charge on any atom is 0.433 e. The van der Waals surface area contributed by atoms with E-state index in [2.05, 4.69) is 20.3 Å². The standard InChI is InChI=1S/C25H23ClF3N5O2/c1-4-33(5-2)17-11-9-16(10-12-17)30-24(35)22-21(26)23-31-19(15-7-6-8-18(13-15)36-3)14-20(25(27,28)29)34(23)32-22/h6-14H,4-5H2,1-3H3,(H,30,35). The van der Waals surface area contributed by atoms with Gasteiger partial charge < -0.3 is 15.0 Å². The molecule has 0 spiro atoms. The van der Waals surface area contributed by atoms with Gasteiger partial charge in [-0.05, 0) is 56.3 Å². The summed E-state index contributed by atoms with van der Waals surface area (Å²) in [5.74, 6) is -0.299. The lowest BCUT2D eigenvalue weighted by atomic mass is 10.1. The van der Waals surface area contributed by atoms with Gasteiger partial charge in [0.05, 0.1) is 12.8 Å². The van der Waals surface area contributed by atoms with Gasteiger partial charge in [0.25, 0.3) is 5.91 Å². The molecule has 4 rings (SSSR count). The third kappa shape index (κ3) is 4.94. The first-order valence-corrected chi connectivity index (χ1v) is 11.5. The summed E-state index contributed by atoms with van der Waals surface area (Å²) in [7, 11) is 1.45. The second kappa shape index (κ2) is 10.1. The van der Waals surface area contributed by atoms with Gasteiger partial charge in [-0.1, -0.05) is 23.7 Å². The lowest BCUT2D eigenvalue weighted by Gasteiger charge is -2.21. The lowest BCUT2D eigenvalue weighted by molar-refractivity contribution is -0.142. The number of carbonyl (C=O) groups excluding carboxylic acids is 1. The number of ether oxygens (including phenoxy) is 1. The lowest BCUT2D eigenvalue weighted by Crippen LogP contribution is -2.21. The van der Waals surface area contributed by atoms with Crippen molar-refractivity contribution < 1.29 is 22.7 Å². The van der Waals surface area contributed by atoms with E-state index in [4.69, 9.17) is 16.3 Å². The molecule has 0 aliphatic heterocycles. The maximum absolute atomic E-state index is 13.9. The monoisotopic (exact) mass is 517 g/mol. The SMILES string of the molecule is CCN(CC)c1ccc(NC(=O)c2nn3c(C(F)(F)F)cc(-c4cccc(OC)c4)nc3c2Cl)cc1.